The van der Waals surface area contributed by atoms with Crippen LogP contribution in [0.3, 0.4) is 0 Å². The lowest BCUT2D eigenvalue weighted by Crippen LogP contribution is -2.15. The molecule has 0 radical (unpaired) electrons. The molecule has 0 aliphatic rings. The smallest absolute Gasteiger partial charge is 0.236 e. The largest absolute Gasteiger partial charge is 0.483 e. The number of amides is 1. The number of rotatable bonds is 8. The van der Waals surface area contributed by atoms with Crippen molar-refractivity contribution in [3.63, 3.8) is 0 Å². The number of ether oxygens (including phenoxy) is 1. The van der Waals surface area contributed by atoms with Crippen molar-refractivity contribution in [1.29, 1.82) is 0 Å². The Morgan fingerprint density at radius 2 is 2.00 bits per heavy atom. The van der Waals surface area contributed by atoms with E-state index in [-0.39, 0.29) is 17.8 Å². The van der Waals surface area contributed by atoms with Crippen molar-refractivity contribution in [2.24, 2.45) is 0 Å². The van der Waals surface area contributed by atoms with Crippen LogP contribution in [0.15, 0.2) is 28.9 Å². The van der Waals surface area contributed by atoms with E-state index in [1.54, 1.807) is 5.51 Å². The van der Waals surface area contributed by atoms with Crippen molar-refractivity contribution >= 4 is 34.1 Å². The zero-order chi connectivity index (χ0) is 20.1. The summed E-state index contributed by atoms with van der Waals surface area (Å²) in [6.07, 6.45) is -0.266. The van der Waals surface area contributed by atoms with Crippen LogP contribution in [0.4, 0.5) is 5.13 Å². The van der Waals surface area contributed by atoms with Crippen LogP contribution in [0.2, 0.25) is 0 Å². The van der Waals surface area contributed by atoms with Gasteiger partial charge in [-0.1, -0.05) is 29.2 Å². The molecule has 3 rings (SSSR count). The summed E-state index contributed by atoms with van der Waals surface area (Å²) in [5.74, 6) is 1.59. The van der Waals surface area contributed by atoms with Crippen LogP contribution in [0, 0.1) is 13.8 Å². The van der Waals surface area contributed by atoms with Gasteiger partial charge >= 0.3 is 0 Å². The monoisotopic (exact) mass is 418 g/mol. The summed E-state index contributed by atoms with van der Waals surface area (Å²) in [5.41, 5.74) is 3.87. The average Bonchev–Trinajstić information content (AvgIpc) is 3.28. The third-order valence-corrected chi connectivity index (χ3v) is 5.45. The number of nitrogens with one attached hydrogen (secondary N) is 1. The molecule has 3 aromatic rings. The van der Waals surface area contributed by atoms with E-state index < -0.39 is 0 Å². The molecule has 1 atom stereocenters. The lowest BCUT2D eigenvalue weighted by molar-refractivity contribution is -0.113. The Hall–Kier alpha value is -2.46. The SMILES string of the molecule is CCn1c(SCC(=O)Nc2nncs2)nnc1C(C)Oc1cc(C)cc(C)c1. The molecule has 2 aromatic heterocycles. The van der Waals surface area contributed by atoms with E-state index in [1.807, 2.05) is 44.4 Å². The number of aromatic nitrogens is 5. The Labute approximate surface area is 171 Å². The van der Waals surface area contributed by atoms with Crippen molar-refractivity contribution in [3.8, 4) is 5.75 Å². The van der Waals surface area contributed by atoms with E-state index in [4.69, 9.17) is 4.74 Å². The summed E-state index contributed by atoms with van der Waals surface area (Å²) >= 11 is 2.61. The molecule has 1 N–H and O–H groups in total. The quantitative estimate of drug-likeness (QED) is 0.558. The molecule has 28 heavy (non-hydrogen) atoms. The third kappa shape index (κ3) is 5.08. The molecule has 1 aromatic carbocycles. The first-order valence-electron chi connectivity index (χ1n) is 8.83. The van der Waals surface area contributed by atoms with Gasteiger partial charge in [0.1, 0.15) is 11.3 Å². The van der Waals surface area contributed by atoms with E-state index in [0.29, 0.717) is 16.8 Å². The van der Waals surface area contributed by atoms with E-state index in [9.17, 15) is 4.79 Å². The molecule has 0 saturated heterocycles. The van der Waals surface area contributed by atoms with E-state index >= 15 is 0 Å². The Morgan fingerprint density at radius 1 is 1.25 bits per heavy atom. The molecule has 148 valence electrons. The number of carbonyl (C=O) groups is 1. The zero-order valence-corrected chi connectivity index (χ0v) is 17.8. The molecular weight excluding hydrogens is 396 g/mol. The minimum atomic E-state index is -0.266. The van der Waals surface area contributed by atoms with Gasteiger partial charge in [-0.05, 0) is 51.0 Å². The summed E-state index contributed by atoms with van der Waals surface area (Å²) in [5, 5.41) is 19.9. The maximum absolute atomic E-state index is 12.1. The molecule has 8 nitrogen and oxygen atoms in total. The number of hydrogen-bond acceptors (Lipinski definition) is 8. The van der Waals surface area contributed by atoms with E-state index in [1.165, 1.54) is 23.1 Å². The third-order valence-electron chi connectivity index (χ3n) is 3.87. The molecule has 10 heteroatoms. The molecule has 0 saturated carbocycles. The standard InChI is InChI=1S/C18H22N6O2S2/c1-5-24-16(13(4)26-14-7-11(2)6-12(3)8-14)21-23-18(24)27-9-15(25)20-17-22-19-10-28-17/h6-8,10,13H,5,9H2,1-4H3,(H,20,22,25). The predicted octanol–water partition coefficient (Wildman–Crippen LogP) is 3.64. The van der Waals surface area contributed by atoms with Gasteiger partial charge in [0.2, 0.25) is 11.0 Å². The number of hydrogen-bond donors (Lipinski definition) is 1. The molecule has 0 aliphatic heterocycles. The normalized spacial score (nSPS) is 12.0. The van der Waals surface area contributed by atoms with Crippen LogP contribution >= 0.6 is 23.1 Å². The minimum absolute atomic E-state index is 0.159. The Balaban J connectivity index is 1.66. The number of anilines is 1. The van der Waals surface area contributed by atoms with Crippen LogP contribution in [-0.4, -0.2) is 36.6 Å². The Bertz CT molecular complexity index is 921. The van der Waals surface area contributed by atoms with Crippen molar-refractivity contribution < 1.29 is 9.53 Å². The second kappa shape index (κ2) is 9.16. The first-order chi connectivity index (χ1) is 13.5. The summed E-state index contributed by atoms with van der Waals surface area (Å²) in [6.45, 7) is 8.73. The topological polar surface area (TPSA) is 94.8 Å². The second-order valence-electron chi connectivity index (χ2n) is 6.25. The maximum atomic E-state index is 12.1. The van der Waals surface area contributed by atoms with Crippen LogP contribution in [-0.2, 0) is 11.3 Å². The Morgan fingerprint density at radius 3 is 2.64 bits per heavy atom. The fourth-order valence-corrected chi connectivity index (χ4v) is 4.05. The van der Waals surface area contributed by atoms with Crippen molar-refractivity contribution in [2.75, 3.05) is 11.1 Å². The van der Waals surface area contributed by atoms with Crippen molar-refractivity contribution in [3.05, 3.63) is 40.7 Å². The average molecular weight is 419 g/mol. The van der Waals surface area contributed by atoms with Gasteiger partial charge in [-0.15, -0.1) is 20.4 Å². The molecular formula is C18H22N6O2S2. The highest BCUT2D eigenvalue weighted by atomic mass is 32.2. The van der Waals surface area contributed by atoms with Crippen molar-refractivity contribution in [2.45, 2.75) is 45.5 Å². The van der Waals surface area contributed by atoms with Crippen molar-refractivity contribution in [1.82, 2.24) is 25.0 Å². The van der Waals surface area contributed by atoms with Crippen LogP contribution in [0.25, 0.3) is 0 Å². The van der Waals surface area contributed by atoms with Crippen LogP contribution in [0.1, 0.15) is 36.9 Å². The first kappa shape index (κ1) is 20.3. The highest BCUT2D eigenvalue weighted by Crippen LogP contribution is 2.26. The molecule has 1 unspecified atom stereocenters. The number of thioether (sulfide) groups is 1. The van der Waals surface area contributed by atoms with Gasteiger partial charge in [-0.3, -0.25) is 10.1 Å². The predicted molar refractivity (Wildman–Crippen MR) is 110 cm³/mol. The van der Waals surface area contributed by atoms with Gasteiger partial charge in [0.25, 0.3) is 0 Å². The summed E-state index contributed by atoms with van der Waals surface area (Å²) < 4.78 is 8.06. The number of benzene rings is 1. The number of nitrogens with zero attached hydrogens (tertiary/aromatic N) is 5. The van der Waals surface area contributed by atoms with Crippen LogP contribution in [0.5, 0.6) is 5.75 Å². The molecule has 0 fully saturated rings. The van der Waals surface area contributed by atoms with Gasteiger partial charge in [0, 0.05) is 6.54 Å². The van der Waals surface area contributed by atoms with E-state index in [0.717, 1.165) is 22.7 Å². The maximum Gasteiger partial charge on any atom is 0.236 e. The van der Waals surface area contributed by atoms with Gasteiger partial charge in [-0.25, -0.2) is 0 Å². The number of aryl methyl sites for hydroxylation is 2. The second-order valence-corrected chi connectivity index (χ2v) is 8.02. The summed E-state index contributed by atoms with van der Waals surface area (Å²) in [7, 11) is 0. The molecule has 0 bridgehead atoms. The number of carbonyl (C=O) groups excluding carboxylic acids is 1. The fourth-order valence-electron chi connectivity index (χ4n) is 2.78. The molecule has 2 heterocycles. The first-order valence-corrected chi connectivity index (χ1v) is 10.7. The minimum Gasteiger partial charge on any atom is -0.483 e. The highest BCUT2D eigenvalue weighted by molar-refractivity contribution is 7.99. The van der Waals surface area contributed by atoms with Gasteiger partial charge in [0.05, 0.1) is 5.75 Å². The Kier molecular flexibility index (Phi) is 6.63. The van der Waals surface area contributed by atoms with Gasteiger partial charge in [0.15, 0.2) is 17.1 Å². The molecule has 0 spiro atoms. The zero-order valence-electron chi connectivity index (χ0n) is 16.2. The van der Waals surface area contributed by atoms with E-state index in [2.05, 4.69) is 31.8 Å². The van der Waals surface area contributed by atoms with Gasteiger partial charge in [-0.2, -0.15) is 0 Å². The molecule has 0 aliphatic carbocycles. The fraction of sp³-hybridized carbons (Fsp3) is 0.389. The summed E-state index contributed by atoms with van der Waals surface area (Å²) in [6, 6.07) is 6.11. The van der Waals surface area contributed by atoms with Gasteiger partial charge < -0.3 is 9.30 Å². The lowest BCUT2D eigenvalue weighted by atomic mass is 10.1. The van der Waals surface area contributed by atoms with Crippen LogP contribution < -0.4 is 10.1 Å². The molecule has 1 amide bonds. The highest BCUT2D eigenvalue weighted by Gasteiger charge is 2.19. The summed E-state index contributed by atoms with van der Waals surface area (Å²) in [4.78, 5) is 12.1. The lowest BCUT2D eigenvalue weighted by Gasteiger charge is -2.16.